The zero-order chi connectivity index (χ0) is 28.4. The van der Waals surface area contributed by atoms with Crippen molar-refractivity contribution >= 4 is 23.9 Å². The lowest BCUT2D eigenvalue weighted by Crippen LogP contribution is -2.78. The zero-order valence-electron chi connectivity index (χ0n) is 23.7. The first-order valence-electron chi connectivity index (χ1n) is 14.0. The van der Waals surface area contributed by atoms with Gasteiger partial charge < -0.3 is 19.1 Å². The van der Waals surface area contributed by atoms with Crippen molar-refractivity contribution in [3.05, 3.63) is 64.7 Å². The molecule has 1 spiro atoms. The zero-order valence-corrected chi connectivity index (χ0v) is 23.7. The highest BCUT2D eigenvalue weighted by Crippen LogP contribution is 2.67. The van der Waals surface area contributed by atoms with Gasteiger partial charge in [0.15, 0.2) is 11.5 Å². The van der Waals surface area contributed by atoms with E-state index in [1.165, 1.54) is 13.8 Å². The molecule has 8 heteroatoms. The lowest BCUT2D eigenvalue weighted by atomic mass is 9.48. The quantitative estimate of drug-likeness (QED) is 0.322. The number of benzene rings is 2. The molecule has 2 aromatic rings. The number of hydrogen-bond acceptors (Lipinski definition) is 7. The van der Waals surface area contributed by atoms with E-state index in [1.807, 2.05) is 50.4 Å². The summed E-state index contributed by atoms with van der Waals surface area (Å²) in [5, 5.41) is 0. The second-order valence-electron chi connectivity index (χ2n) is 11.8. The first-order chi connectivity index (χ1) is 19.1. The summed E-state index contributed by atoms with van der Waals surface area (Å²) in [5.41, 5.74) is 2.68. The van der Waals surface area contributed by atoms with E-state index in [9.17, 15) is 14.4 Å². The molecule has 0 radical (unpaired) electrons. The van der Waals surface area contributed by atoms with Gasteiger partial charge in [-0.15, -0.1) is 0 Å². The van der Waals surface area contributed by atoms with Gasteiger partial charge in [-0.05, 0) is 69.5 Å². The number of rotatable bonds is 5. The van der Waals surface area contributed by atoms with Crippen molar-refractivity contribution in [2.24, 2.45) is 0 Å². The number of aryl methyl sites for hydroxylation is 1. The molecule has 0 unspecified atom stereocenters. The van der Waals surface area contributed by atoms with Crippen LogP contribution in [0, 0.1) is 6.92 Å². The lowest BCUT2D eigenvalue weighted by Gasteiger charge is -2.65. The molecular weight excluding hydrogens is 508 g/mol. The van der Waals surface area contributed by atoms with Crippen molar-refractivity contribution in [2.75, 3.05) is 20.6 Å². The molecule has 1 saturated heterocycles. The van der Waals surface area contributed by atoms with Crippen LogP contribution in [0.1, 0.15) is 55.4 Å². The summed E-state index contributed by atoms with van der Waals surface area (Å²) in [6.45, 7) is 5.66. The Morgan fingerprint density at radius 2 is 1.93 bits per heavy atom. The fraction of sp³-hybridized carbons (Fsp3) is 0.469. The summed E-state index contributed by atoms with van der Waals surface area (Å²) in [7, 11) is 3.91. The first-order valence-corrected chi connectivity index (χ1v) is 14.0. The predicted octanol–water partition coefficient (Wildman–Crippen LogP) is 3.82. The molecule has 2 aliphatic heterocycles. The van der Waals surface area contributed by atoms with Gasteiger partial charge in [-0.25, -0.2) is 0 Å². The molecule has 1 saturated carbocycles. The summed E-state index contributed by atoms with van der Waals surface area (Å²) in [4.78, 5) is 42.3. The van der Waals surface area contributed by atoms with E-state index in [0.29, 0.717) is 37.2 Å². The summed E-state index contributed by atoms with van der Waals surface area (Å²) in [6.07, 6.45) is 5.57. The van der Waals surface area contributed by atoms with E-state index in [0.717, 1.165) is 28.8 Å². The van der Waals surface area contributed by atoms with E-state index in [-0.39, 0.29) is 24.0 Å². The fourth-order valence-corrected chi connectivity index (χ4v) is 8.00. The Hall–Kier alpha value is -3.65. The Bertz CT molecular complexity index is 1430. The number of likely N-dealkylation sites (tertiary alicyclic amines) is 1. The third-order valence-corrected chi connectivity index (χ3v) is 9.53. The van der Waals surface area contributed by atoms with Crippen LogP contribution in [0.4, 0.5) is 0 Å². The molecular formula is C32H36N2O6. The van der Waals surface area contributed by atoms with E-state index in [4.69, 9.17) is 14.2 Å². The van der Waals surface area contributed by atoms with Gasteiger partial charge in [0.25, 0.3) is 0 Å². The minimum atomic E-state index is -0.818. The maximum Gasteiger partial charge on any atom is 0.308 e. The van der Waals surface area contributed by atoms with Crippen LogP contribution in [-0.2, 0) is 31.0 Å². The number of amides is 1. The first kappa shape index (κ1) is 26.6. The van der Waals surface area contributed by atoms with Crippen LogP contribution in [0.25, 0.3) is 6.08 Å². The Labute approximate surface area is 234 Å². The van der Waals surface area contributed by atoms with E-state index < -0.39 is 23.1 Å². The molecule has 40 heavy (non-hydrogen) atoms. The molecule has 8 nitrogen and oxygen atoms in total. The maximum absolute atomic E-state index is 13.5. The number of likely N-dealkylation sites (N-methyl/N-ethyl adjacent to an activating group) is 2. The summed E-state index contributed by atoms with van der Waals surface area (Å²) >= 11 is 0. The van der Waals surface area contributed by atoms with Gasteiger partial charge in [0.1, 0.15) is 11.7 Å². The normalized spacial score (nSPS) is 29.9. The van der Waals surface area contributed by atoms with Crippen LogP contribution in [-0.4, -0.2) is 72.1 Å². The van der Waals surface area contributed by atoms with Crippen LogP contribution in [0.2, 0.25) is 0 Å². The summed E-state index contributed by atoms with van der Waals surface area (Å²) in [6, 6.07) is 11.5. The molecule has 5 atom stereocenters. The number of carbonyl (C=O) groups excluding carboxylic acids is 3. The largest absolute Gasteiger partial charge is 0.483 e. The molecule has 210 valence electrons. The molecule has 2 bridgehead atoms. The number of esters is 2. The van der Waals surface area contributed by atoms with Gasteiger partial charge >= 0.3 is 11.9 Å². The van der Waals surface area contributed by atoms with Crippen molar-refractivity contribution in [1.29, 1.82) is 0 Å². The number of nitrogens with zero attached hydrogens (tertiary/aromatic N) is 2. The summed E-state index contributed by atoms with van der Waals surface area (Å²) in [5.74, 6) is 0.0377. The molecule has 2 aliphatic carbocycles. The monoisotopic (exact) mass is 544 g/mol. The average molecular weight is 545 g/mol. The van der Waals surface area contributed by atoms with Crippen LogP contribution in [0.3, 0.4) is 0 Å². The van der Waals surface area contributed by atoms with Gasteiger partial charge in [0, 0.05) is 32.5 Å². The number of hydrogen-bond donors (Lipinski definition) is 0. The molecule has 2 aromatic carbocycles. The maximum atomic E-state index is 13.5. The molecule has 4 aliphatic rings. The molecule has 2 fully saturated rings. The van der Waals surface area contributed by atoms with Gasteiger partial charge in [-0.1, -0.05) is 35.9 Å². The topological polar surface area (TPSA) is 85.4 Å². The van der Waals surface area contributed by atoms with Crippen molar-refractivity contribution in [3.63, 3.8) is 0 Å². The predicted molar refractivity (Wildman–Crippen MR) is 149 cm³/mol. The lowest BCUT2D eigenvalue weighted by molar-refractivity contribution is -0.220. The molecule has 0 aromatic heterocycles. The third kappa shape index (κ3) is 3.79. The van der Waals surface area contributed by atoms with Crippen molar-refractivity contribution in [1.82, 2.24) is 9.80 Å². The van der Waals surface area contributed by atoms with Crippen molar-refractivity contribution in [3.8, 4) is 11.5 Å². The van der Waals surface area contributed by atoms with E-state index in [2.05, 4.69) is 11.9 Å². The Kier molecular flexibility index (Phi) is 6.29. The molecule has 1 amide bonds. The highest BCUT2D eigenvalue weighted by atomic mass is 16.6. The minimum Gasteiger partial charge on any atom is -0.483 e. The van der Waals surface area contributed by atoms with Crippen LogP contribution in [0.15, 0.2) is 42.5 Å². The smallest absolute Gasteiger partial charge is 0.308 e. The van der Waals surface area contributed by atoms with Gasteiger partial charge in [-0.2, -0.15) is 0 Å². The SMILES string of the molecule is CC(=O)Oc1ccc2c3c1O[C@H]1[C@@H](N(C)C(=O)C=Cc4cccc(C)c4)CC[C@@]4(OC(C)=O)[C@@H](C2)N(C)CC[C@]314. The summed E-state index contributed by atoms with van der Waals surface area (Å²) < 4.78 is 18.8. The van der Waals surface area contributed by atoms with Crippen LogP contribution in [0.5, 0.6) is 11.5 Å². The van der Waals surface area contributed by atoms with Crippen molar-refractivity contribution in [2.45, 2.75) is 75.7 Å². The van der Waals surface area contributed by atoms with Crippen LogP contribution < -0.4 is 9.47 Å². The highest BCUT2D eigenvalue weighted by Gasteiger charge is 2.75. The molecule has 0 N–H and O–H groups in total. The molecule has 2 heterocycles. The minimum absolute atomic E-state index is 0.0301. The van der Waals surface area contributed by atoms with E-state index in [1.54, 1.807) is 17.0 Å². The molecule has 6 rings (SSSR count). The standard InChI is InChI=1S/C32H36N2O6/c1-19-7-6-8-22(17-19)9-12-27(37)34(5)24-13-14-32(40-21(3)36)26-18-23-10-11-25(38-20(2)35)29-28(23)31(32,30(24)39-29)15-16-33(26)4/h6-12,17,24,26,30H,13-16,18H2,1-5H3/t24-,26+,30-,31-,32+/m0/s1. The third-order valence-electron chi connectivity index (χ3n) is 9.53. The van der Waals surface area contributed by atoms with Crippen molar-refractivity contribution < 1.29 is 28.6 Å². The van der Waals surface area contributed by atoms with Crippen LogP contribution >= 0.6 is 0 Å². The Morgan fingerprint density at radius 3 is 2.65 bits per heavy atom. The van der Waals surface area contributed by atoms with E-state index >= 15 is 0 Å². The van der Waals surface area contributed by atoms with Gasteiger partial charge in [0.05, 0.1) is 17.5 Å². The number of piperidine rings is 1. The average Bonchev–Trinajstić information content (AvgIpc) is 3.25. The number of ether oxygens (including phenoxy) is 3. The van der Waals surface area contributed by atoms with Gasteiger partial charge in [-0.3, -0.25) is 19.3 Å². The van der Waals surface area contributed by atoms with Gasteiger partial charge in [0.2, 0.25) is 5.91 Å². The second-order valence-corrected chi connectivity index (χ2v) is 11.8. The fourth-order valence-electron chi connectivity index (χ4n) is 8.00. The highest BCUT2D eigenvalue weighted by molar-refractivity contribution is 5.92. The second kappa shape index (κ2) is 9.47. The Balaban J connectivity index is 1.45. The Morgan fingerprint density at radius 1 is 1.12 bits per heavy atom. The number of carbonyl (C=O) groups is 3.